The summed E-state index contributed by atoms with van der Waals surface area (Å²) < 4.78 is 39.6. The van der Waals surface area contributed by atoms with E-state index in [1.807, 2.05) is 0 Å². The molecule has 0 aliphatic carbocycles. The zero-order valence-electron chi connectivity index (χ0n) is 10.1. The Morgan fingerprint density at radius 1 is 1.20 bits per heavy atom. The van der Waals surface area contributed by atoms with Gasteiger partial charge in [-0.25, -0.2) is 12.8 Å². The van der Waals surface area contributed by atoms with Crippen molar-refractivity contribution >= 4 is 27.3 Å². The zero-order chi connectivity index (χ0) is 14.8. The first-order valence-corrected chi connectivity index (χ1v) is 7.33. The highest BCUT2D eigenvalue weighted by atomic mass is 35.5. The van der Waals surface area contributed by atoms with Crippen molar-refractivity contribution in [2.24, 2.45) is 0 Å². The molecule has 0 aliphatic heterocycles. The molecule has 0 radical (unpaired) electrons. The van der Waals surface area contributed by atoms with Crippen LogP contribution in [0.5, 0.6) is 0 Å². The van der Waals surface area contributed by atoms with Crippen LogP contribution in [0.15, 0.2) is 47.4 Å². The molecule has 0 heterocycles. The highest BCUT2D eigenvalue weighted by molar-refractivity contribution is 7.92. The first-order chi connectivity index (χ1) is 9.42. The Bertz CT molecular complexity index is 797. The lowest BCUT2D eigenvalue weighted by atomic mass is 10.2. The Morgan fingerprint density at radius 3 is 2.60 bits per heavy atom. The molecule has 102 valence electrons. The van der Waals surface area contributed by atoms with E-state index < -0.39 is 15.8 Å². The molecule has 20 heavy (non-hydrogen) atoms. The first-order valence-electron chi connectivity index (χ1n) is 5.47. The van der Waals surface area contributed by atoms with Crippen LogP contribution in [0.1, 0.15) is 5.56 Å². The summed E-state index contributed by atoms with van der Waals surface area (Å²) in [7, 11) is -3.85. The summed E-state index contributed by atoms with van der Waals surface area (Å²) in [6.07, 6.45) is 5.24. The Hall–Kier alpha value is -2.03. The third kappa shape index (κ3) is 3.10. The second-order valence-corrected chi connectivity index (χ2v) is 6.00. The van der Waals surface area contributed by atoms with Gasteiger partial charge in [0.2, 0.25) is 0 Å². The molecule has 2 aromatic rings. The van der Waals surface area contributed by atoms with E-state index in [2.05, 4.69) is 10.6 Å². The quantitative estimate of drug-likeness (QED) is 0.885. The fourth-order valence-corrected chi connectivity index (χ4v) is 2.85. The van der Waals surface area contributed by atoms with Crippen molar-refractivity contribution in [2.45, 2.75) is 4.90 Å². The van der Waals surface area contributed by atoms with Gasteiger partial charge in [-0.15, -0.1) is 6.42 Å². The molecule has 1 N–H and O–H groups in total. The van der Waals surface area contributed by atoms with Crippen molar-refractivity contribution in [3.63, 3.8) is 0 Å². The molecule has 0 spiro atoms. The van der Waals surface area contributed by atoms with Crippen molar-refractivity contribution < 1.29 is 12.8 Å². The first kappa shape index (κ1) is 14.4. The molecule has 0 unspecified atom stereocenters. The number of nitrogens with one attached hydrogen (secondary N) is 1. The summed E-state index contributed by atoms with van der Waals surface area (Å²) in [5, 5.41) is -0.259. The van der Waals surface area contributed by atoms with E-state index in [-0.39, 0.29) is 9.92 Å². The van der Waals surface area contributed by atoms with Crippen LogP contribution < -0.4 is 4.72 Å². The van der Waals surface area contributed by atoms with Gasteiger partial charge in [0.05, 0.1) is 15.6 Å². The lowest BCUT2D eigenvalue weighted by molar-refractivity contribution is 0.599. The van der Waals surface area contributed by atoms with Gasteiger partial charge in [0.15, 0.2) is 0 Å². The number of hydrogen-bond acceptors (Lipinski definition) is 2. The van der Waals surface area contributed by atoms with Crippen molar-refractivity contribution in [2.75, 3.05) is 4.72 Å². The van der Waals surface area contributed by atoms with E-state index in [4.69, 9.17) is 18.0 Å². The van der Waals surface area contributed by atoms with Gasteiger partial charge in [-0.05, 0) is 36.4 Å². The van der Waals surface area contributed by atoms with Gasteiger partial charge in [0, 0.05) is 5.56 Å². The van der Waals surface area contributed by atoms with E-state index >= 15 is 0 Å². The second-order valence-electron chi connectivity index (χ2n) is 3.91. The Labute approximate surface area is 121 Å². The Morgan fingerprint density at radius 2 is 1.95 bits per heavy atom. The van der Waals surface area contributed by atoms with E-state index in [0.29, 0.717) is 11.3 Å². The van der Waals surface area contributed by atoms with Crippen LogP contribution in [0.25, 0.3) is 0 Å². The van der Waals surface area contributed by atoms with Crippen LogP contribution in [-0.4, -0.2) is 8.42 Å². The molecule has 2 aromatic carbocycles. The summed E-state index contributed by atoms with van der Waals surface area (Å²) in [5.74, 6) is 1.72. The third-order valence-electron chi connectivity index (χ3n) is 2.48. The lowest BCUT2D eigenvalue weighted by Crippen LogP contribution is -2.13. The summed E-state index contributed by atoms with van der Waals surface area (Å²) in [6.45, 7) is 0. The average molecular weight is 310 g/mol. The maximum atomic E-state index is 13.0. The smallest absolute Gasteiger partial charge is 0.261 e. The van der Waals surface area contributed by atoms with Gasteiger partial charge in [-0.1, -0.05) is 23.6 Å². The minimum Gasteiger partial charge on any atom is -0.280 e. The van der Waals surface area contributed by atoms with E-state index in [9.17, 15) is 12.8 Å². The topological polar surface area (TPSA) is 46.2 Å². The van der Waals surface area contributed by atoms with Crippen LogP contribution in [0.3, 0.4) is 0 Å². The molecule has 2 rings (SSSR count). The molecule has 3 nitrogen and oxygen atoms in total. The monoisotopic (exact) mass is 309 g/mol. The number of rotatable bonds is 3. The number of hydrogen-bond donors (Lipinski definition) is 1. The predicted molar refractivity (Wildman–Crippen MR) is 76.6 cm³/mol. The SMILES string of the molecule is C#Cc1cccc(NS(=O)(=O)c2ccc(F)c(Cl)c2)c1. The van der Waals surface area contributed by atoms with Crippen LogP contribution >= 0.6 is 11.6 Å². The van der Waals surface area contributed by atoms with Crippen molar-refractivity contribution in [1.82, 2.24) is 0 Å². The highest BCUT2D eigenvalue weighted by Crippen LogP contribution is 2.22. The average Bonchev–Trinajstić information content (AvgIpc) is 2.41. The molecule has 0 atom stereocenters. The molecule has 0 amide bonds. The van der Waals surface area contributed by atoms with Crippen molar-refractivity contribution in [3.05, 3.63) is 58.9 Å². The maximum absolute atomic E-state index is 13.0. The van der Waals surface area contributed by atoms with Gasteiger partial charge < -0.3 is 0 Å². The molecule has 0 bridgehead atoms. The molecule has 6 heteroatoms. The Kier molecular flexibility index (Phi) is 3.98. The van der Waals surface area contributed by atoms with Gasteiger partial charge in [-0.3, -0.25) is 4.72 Å². The largest absolute Gasteiger partial charge is 0.280 e. The van der Waals surface area contributed by atoms with Crippen LogP contribution in [-0.2, 0) is 10.0 Å². The summed E-state index contributed by atoms with van der Waals surface area (Å²) in [6, 6.07) is 9.55. The molecule has 0 saturated carbocycles. The number of sulfonamides is 1. The number of anilines is 1. The maximum Gasteiger partial charge on any atom is 0.261 e. The van der Waals surface area contributed by atoms with Crippen LogP contribution in [0.4, 0.5) is 10.1 Å². The van der Waals surface area contributed by atoms with Crippen LogP contribution in [0, 0.1) is 18.2 Å². The van der Waals surface area contributed by atoms with Crippen LogP contribution in [0.2, 0.25) is 5.02 Å². The number of benzene rings is 2. The lowest BCUT2D eigenvalue weighted by Gasteiger charge is -2.09. The van der Waals surface area contributed by atoms with Gasteiger partial charge >= 0.3 is 0 Å². The normalized spacial score (nSPS) is 10.8. The van der Waals surface area contributed by atoms with E-state index in [1.165, 1.54) is 6.07 Å². The van der Waals surface area contributed by atoms with Crippen molar-refractivity contribution in [3.8, 4) is 12.3 Å². The summed E-state index contributed by atoms with van der Waals surface area (Å²) in [5.41, 5.74) is 0.864. The Balaban J connectivity index is 2.35. The predicted octanol–water partition coefficient (Wildman–Crippen LogP) is 3.26. The highest BCUT2D eigenvalue weighted by Gasteiger charge is 2.16. The fourth-order valence-electron chi connectivity index (χ4n) is 1.53. The number of terminal acetylenes is 1. The minimum atomic E-state index is -3.85. The van der Waals surface area contributed by atoms with Gasteiger partial charge in [0.25, 0.3) is 10.0 Å². The van der Waals surface area contributed by atoms with Gasteiger partial charge in [-0.2, -0.15) is 0 Å². The number of halogens is 2. The molecule has 0 fully saturated rings. The standard InChI is InChI=1S/C14H9ClFNO2S/c1-2-10-4-3-5-11(8-10)17-20(18,19)12-6-7-14(16)13(15)9-12/h1,3-9,17H. The molecular formula is C14H9ClFNO2S. The molecule has 0 aromatic heterocycles. The second kappa shape index (κ2) is 5.53. The third-order valence-corrected chi connectivity index (χ3v) is 4.15. The van der Waals surface area contributed by atoms with E-state index in [1.54, 1.807) is 18.2 Å². The molecular weight excluding hydrogens is 301 g/mol. The fraction of sp³-hybridized carbons (Fsp3) is 0. The molecule has 0 aliphatic rings. The zero-order valence-corrected chi connectivity index (χ0v) is 11.7. The van der Waals surface area contributed by atoms with Crippen molar-refractivity contribution in [1.29, 1.82) is 0 Å². The summed E-state index contributed by atoms with van der Waals surface area (Å²) in [4.78, 5) is -0.130. The molecule has 0 saturated heterocycles. The summed E-state index contributed by atoms with van der Waals surface area (Å²) >= 11 is 5.58. The minimum absolute atomic E-state index is 0.130. The van der Waals surface area contributed by atoms with E-state index in [0.717, 1.165) is 18.2 Å². The van der Waals surface area contributed by atoms with Gasteiger partial charge in [0.1, 0.15) is 5.82 Å².